The van der Waals surface area contributed by atoms with E-state index in [-0.39, 0.29) is 11.5 Å². The molecule has 0 saturated heterocycles. The zero-order valence-corrected chi connectivity index (χ0v) is 6.14. The van der Waals surface area contributed by atoms with Crippen LogP contribution in [0.1, 0.15) is 0 Å². The molecule has 2 aromatic heterocycles. The third kappa shape index (κ3) is 1.14. The topological polar surface area (TPSA) is 103 Å². The lowest BCUT2D eigenvalue weighted by atomic mass is 10.5. The van der Waals surface area contributed by atoms with Gasteiger partial charge >= 0.3 is 6.08 Å². The minimum absolute atomic E-state index is 0.0949. The van der Waals surface area contributed by atoms with E-state index in [2.05, 4.69) is 30.0 Å². The Morgan fingerprint density at radius 3 is 3.15 bits per heavy atom. The quantitative estimate of drug-likeness (QED) is 0.310. The van der Waals surface area contributed by atoms with Crippen LogP contribution in [0, 0.1) is 6.08 Å². The van der Waals surface area contributed by atoms with Gasteiger partial charge < -0.3 is 4.98 Å². The summed E-state index contributed by atoms with van der Waals surface area (Å²) in [5, 5.41) is 3.19. The third-order valence-electron chi connectivity index (χ3n) is 1.38. The van der Waals surface area contributed by atoms with E-state index in [1.807, 2.05) is 0 Å². The Balaban J connectivity index is 2.84. The minimum Gasteiger partial charge on any atom is -0.342 e. The first kappa shape index (κ1) is 7.44. The van der Waals surface area contributed by atoms with Gasteiger partial charge in [-0.15, -0.1) is 0 Å². The summed E-state index contributed by atoms with van der Waals surface area (Å²) in [5.74, 6) is -0.0949. The van der Waals surface area contributed by atoms with Gasteiger partial charge in [0.15, 0.2) is 11.5 Å². The average Bonchev–Trinajstić information content (AvgIpc) is 2.52. The van der Waals surface area contributed by atoms with Crippen molar-refractivity contribution in [2.75, 3.05) is 0 Å². The minimum atomic E-state index is -0.970. The zero-order chi connectivity index (χ0) is 9.26. The molecule has 0 bridgehead atoms. The fourth-order valence-corrected chi connectivity index (χ4v) is 0.907. The van der Waals surface area contributed by atoms with Crippen LogP contribution < -0.4 is 0 Å². The van der Waals surface area contributed by atoms with Gasteiger partial charge in [0, 0.05) is 4.91 Å². The number of azide groups is 1. The van der Waals surface area contributed by atoms with Crippen LogP contribution in [0.3, 0.4) is 0 Å². The molecule has 7 nitrogen and oxygen atoms in total. The smallest absolute Gasteiger partial charge is 0.311 e. The molecule has 0 amide bonds. The summed E-state index contributed by atoms with van der Waals surface area (Å²) in [6.07, 6.45) is 0.344. The molecule has 2 heterocycles. The second-order valence-corrected chi connectivity index (χ2v) is 2.11. The molecular weight excluding hydrogens is 177 g/mol. The second-order valence-electron chi connectivity index (χ2n) is 2.11. The number of imidazole rings is 1. The van der Waals surface area contributed by atoms with Crippen molar-refractivity contribution < 1.29 is 4.39 Å². The Morgan fingerprint density at radius 2 is 2.38 bits per heavy atom. The SMILES string of the molecule is [N-]=[N+]=Nc1nc(F)nc2nc[nH]c12. The molecule has 0 aliphatic carbocycles. The zero-order valence-electron chi connectivity index (χ0n) is 6.14. The Morgan fingerprint density at radius 1 is 1.54 bits per heavy atom. The maximum absolute atomic E-state index is 12.6. The highest BCUT2D eigenvalue weighted by atomic mass is 19.1. The Bertz CT molecular complexity index is 497. The molecule has 1 N–H and O–H groups in total. The number of nitrogens with one attached hydrogen (secondary N) is 1. The number of hydrogen-bond donors (Lipinski definition) is 1. The Kier molecular flexibility index (Phi) is 1.54. The largest absolute Gasteiger partial charge is 0.342 e. The number of nitrogens with zero attached hydrogens (tertiary/aromatic N) is 6. The normalized spacial score (nSPS) is 9.92. The highest BCUT2D eigenvalue weighted by Crippen LogP contribution is 2.18. The summed E-state index contributed by atoms with van der Waals surface area (Å²) < 4.78 is 12.6. The first-order valence-corrected chi connectivity index (χ1v) is 3.23. The summed E-state index contributed by atoms with van der Waals surface area (Å²) in [5.41, 5.74) is 8.60. The highest BCUT2D eigenvalue weighted by Gasteiger charge is 2.07. The lowest BCUT2D eigenvalue weighted by molar-refractivity contribution is 0.545. The number of aromatic nitrogens is 4. The van der Waals surface area contributed by atoms with Crippen LogP contribution in [0.25, 0.3) is 21.6 Å². The van der Waals surface area contributed by atoms with E-state index in [0.717, 1.165) is 0 Å². The maximum atomic E-state index is 12.6. The fourth-order valence-electron chi connectivity index (χ4n) is 0.907. The van der Waals surface area contributed by atoms with E-state index in [0.29, 0.717) is 5.52 Å². The van der Waals surface area contributed by atoms with E-state index in [1.165, 1.54) is 6.33 Å². The first-order valence-electron chi connectivity index (χ1n) is 3.23. The molecule has 2 rings (SSSR count). The van der Waals surface area contributed by atoms with E-state index >= 15 is 0 Å². The number of aromatic amines is 1. The molecule has 8 heteroatoms. The van der Waals surface area contributed by atoms with Gasteiger partial charge in [-0.05, 0) is 10.6 Å². The summed E-state index contributed by atoms with van der Waals surface area (Å²) in [6, 6.07) is 0. The number of rotatable bonds is 1. The van der Waals surface area contributed by atoms with Gasteiger partial charge in [-0.25, -0.2) is 4.98 Å². The predicted octanol–water partition coefficient (Wildman–Crippen LogP) is 1.43. The molecule has 0 aromatic carbocycles. The second kappa shape index (κ2) is 2.68. The van der Waals surface area contributed by atoms with Gasteiger partial charge in [0.25, 0.3) is 0 Å². The molecule has 64 valence electrons. The first-order chi connectivity index (χ1) is 6.31. The van der Waals surface area contributed by atoms with E-state index in [1.54, 1.807) is 0 Å². The van der Waals surface area contributed by atoms with Crippen molar-refractivity contribution in [2.45, 2.75) is 0 Å². The summed E-state index contributed by atoms with van der Waals surface area (Å²) in [4.78, 5) is 15.5. The van der Waals surface area contributed by atoms with Crippen molar-refractivity contribution in [1.82, 2.24) is 19.9 Å². The molecule has 0 aliphatic rings. The Hall–Kier alpha value is -2.21. The monoisotopic (exact) mass is 179 g/mol. The van der Waals surface area contributed by atoms with Gasteiger partial charge in [-0.3, -0.25) is 0 Å². The summed E-state index contributed by atoms with van der Waals surface area (Å²) in [6.45, 7) is 0. The van der Waals surface area contributed by atoms with Crippen LogP contribution >= 0.6 is 0 Å². The number of H-pyrrole nitrogens is 1. The molecule has 0 fully saturated rings. The lowest BCUT2D eigenvalue weighted by Crippen LogP contribution is -1.89. The predicted molar refractivity (Wildman–Crippen MR) is 40.4 cm³/mol. The van der Waals surface area contributed by atoms with E-state index < -0.39 is 6.08 Å². The average molecular weight is 179 g/mol. The molecule has 2 aromatic rings. The van der Waals surface area contributed by atoms with Crippen LogP contribution in [-0.4, -0.2) is 19.9 Å². The Labute approximate surface area is 70.3 Å². The fraction of sp³-hybridized carbons (Fsp3) is 0. The van der Waals surface area contributed by atoms with Gasteiger partial charge in [0.05, 0.1) is 6.33 Å². The molecule has 0 spiro atoms. The van der Waals surface area contributed by atoms with Gasteiger partial charge in [0.1, 0.15) is 5.52 Å². The molecular formula is C5H2FN7. The molecule has 0 unspecified atom stereocenters. The lowest BCUT2D eigenvalue weighted by Gasteiger charge is -1.91. The molecule has 13 heavy (non-hydrogen) atoms. The van der Waals surface area contributed by atoms with Crippen molar-refractivity contribution in [3.8, 4) is 0 Å². The third-order valence-corrected chi connectivity index (χ3v) is 1.38. The van der Waals surface area contributed by atoms with Gasteiger partial charge in [-0.2, -0.15) is 14.4 Å². The van der Waals surface area contributed by atoms with Crippen LogP contribution in [0.5, 0.6) is 0 Å². The number of hydrogen-bond acceptors (Lipinski definition) is 4. The van der Waals surface area contributed by atoms with Gasteiger partial charge in [0.2, 0.25) is 0 Å². The highest BCUT2D eigenvalue weighted by molar-refractivity contribution is 5.79. The van der Waals surface area contributed by atoms with Gasteiger partial charge in [-0.1, -0.05) is 0 Å². The van der Waals surface area contributed by atoms with Crippen LogP contribution in [0.15, 0.2) is 11.4 Å². The number of fused-ring (bicyclic) bond motifs is 1. The summed E-state index contributed by atoms with van der Waals surface area (Å²) >= 11 is 0. The van der Waals surface area contributed by atoms with Crippen LogP contribution in [0.4, 0.5) is 10.2 Å². The molecule has 0 atom stereocenters. The molecule has 0 radical (unpaired) electrons. The van der Waals surface area contributed by atoms with Crippen molar-refractivity contribution in [1.29, 1.82) is 0 Å². The molecule has 0 aliphatic heterocycles. The number of halogens is 1. The maximum Gasteiger partial charge on any atom is 0.311 e. The van der Waals surface area contributed by atoms with Crippen LogP contribution in [-0.2, 0) is 0 Å². The molecule has 0 saturated carbocycles. The van der Waals surface area contributed by atoms with Crippen LogP contribution in [0.2, 0.25) is 0 Å². The van der Waals surface area contributed by atoms with Crippen molar-refractivity contribution in [2.24, 2.45) is 5.11 Å². The van der Waals surface area contributed by atoms with Crippen molar-refractivity contribution in [3.63, 3.8) is 0 Å². The van der Waals surface area contributed by atoms with Crippen molar-refractivity contribution in [3.05, 3.63) is 22.8 Å². The van der Waals surface area contributed by atoms with Crippen molar-refractivity contribution >= 4 is 17.0 Å². The standard InChI is InChI=1S/C5H2FN7/c6-5-10-3-2(8-1-9-3)4(11-5)12-13-7/h1H,(H,8,9,10,11). The summed E-state index contributed by atoms with van der Waals surface area (Å²) in [7, 11) is 0. The van der Waals surface area contributed by atoms with E-state index in [4.69, 9.17) is 5.53 Å². The van der Waals surface area contributed by atoms with E-state index in [9.17, 15) is 4.39 Å².